The summed E-state index contributed by atoms with van der Waals surface area (Å²) in [5.74, 6) is -0.324. The largest absolute Gasteiger partial charge is 0.463 e. The van der Waals surface area contributed by atoms with Gasteiger partial charge in [0.25, 0.3) is 0 Å². The molecule has 146 valence electrons. The van der Waals surface area contributed by atoms with Crippen LogP contribution in [0.3, 0.4) is 0 Å². The standard InChI is InChI=1S/C24H26ClNO2/c1-2-28-24(27)13-8-19-6-5-7-21(18-19)23(14-17-26-15-3-4-16-26)20-9-11-22(25)12-10-20/h5-14,18H,2-4,15-17H2,1H3/b13-8+,23-14?. The van der Waals surface area contributed by atoms with E-state index in [1.165, 1.54) is 24.5 Å². The lowest BCUT2D eigenvalue weighted by molar-refractivity contribution is -0.137. The van der Waals surface area contributed by atoms with Crippen LogP contribution in [-0.2, 0) is 9.53 Å². The lowest BCUT2D eigenvalue weighted by Gasteiger charge is -2.15. The van der Waals surface area contributed by atoms with Crippen LogP contribution < -0.4 is 0 Å². The summed E-state index contributed by atoms with van der Waals surface area (Å²) in [6, 6.07) is 16.2. The molecule has 0 aliphatic carbocycles. The summed E-state index contributed by atoms with van der Waals surface area (Å²) in [5, 5.41) is 0.730. The lowest BCUT2D eigenvalue weighted by atomic mass is 9.96. The van der Waals surface area contributed by atoms with E-state index in [0.29, 0.717) is 6.61 Å². The van der Waals surface area contributed by atoms with Crippen LogP contribution in [0.1, 0.15) is 36.5 Å². The van der Waals surface area contributed by atoms with E-state index >= 15 is 0 Å². The molecule has 0 amide bonds. The SMILES string of the molecule is CCOC(=O)/C=C/c1cccc(C(=CCN2CCCC2)c2ccc(Cl)cc2)c1. The molecule has 1 fully saturated rings. The molecule has 0 radical (unpaired) electrons. The molecule has 4 heteroatoms. The molecule has 0 bridgehead atoms. The monoisotopic (exact) mass is 395 g/mol. The Balaban J connectivity index is 1.88. The molecule has 2 aromatic rings. The minimum Gasteiger partial charge on any atom is -0.463 e. The van der Waals surface area contributed by atoms with Gasteiger partial charge in [0.2, 0.25) is 0 Å². The fourth-order valence-corrected chi connectivity index (χ4v) is 3.51. The van der Waals surface area contributed by atoms with Crippen LogP contribution >= 0.6 is 11.6 Å². The van der Waals surface area contributed by atoms with Crippen molar-refractivity contribution in [2.75, 3.05) is 26.2 Å². The average molecular weight is 396 g/mol. The van der Waals surface area contributed by atoms with E-state index in [1.54, 1.807) is 13.0 Å². The van der Waals surface area contributed by atoms with Crippen LogP contribution in [0.15, 0.2) is 60.7 Å². The Morgan fingerprint density at radius 2 is 1.86 bits per heavy atom. The highest BCUT2D eigenvalue weighted by Gasteiger charge is 2.12. The van der Waals surface area contributed by atoms with Gasteiger partial charge in [-0.2, -0.15) is 0 Å². The van der Waals surface area contributed by atoms with Crippen molar-refractivity contribution in [3.63, 3.8) is 0 Å². The predicted octanol–water partition coefficient (Wildman–Crippen LogP) is 5.44. The third kappa shape index (κ3) is 5.82. The summed E-state index contributed by atoms with van der Waals surface area (Å²) >= 11 is 6.08. The molecule has 1 aliphatic rings. The van der Waals surface area contributed by atoms with Crippen molar-refractivity contribution in [1.29, 1.82) is 0 Å². The van der Waals surface area contributed by atoms with Gasteiger partial charge in [0.05, 0.1) is 6.61 Å². The second-order valence-corrected chi connectivity index (χ2v) is 7.28. The van der Waals surface area contributed by atoms with Gasteiger partial charge in [-0.1, -0.05) is 48.0 Å². The Morgan fingerprint density at radius 3 is 2.57 bits per heavy atom. The Bertz CT molecular complexity index is 849. The van der Waals surface area contributed by atoms with Crippen molar-refractivity contribution >= 4 is 29.2 Å². The van der Waals surface area contributed by atoms with Gasteiger partial charge in [0.1, 0.15) is 0 Å². The first-order chi connectivity index (χ1) is 13.7. The highest BCUT2D eigenvalue weighted by Crippen LogP contribution is 2.26. The fraction of sp³-hybridized carbons (Fsp3) is 0.292. The number of carbonyl (C=O) groups excluding carboxylic acids is 1. The number of benzene rings is 2. The molecule has 2 aromatic carbocycles. The first-order valence-corrected chi connectivity index (χ1v) is 10.2. The summed E-state index contributed by atoms with van der Waals surface area (Å²) < 4.78 is 4.96. The predicted molar refractivity (Wildman–Crippen MR) is 116 cm³/mol. The Labute approximate surface area is 172 Å². The quantitative estimate of drug-likeness (QED) is 0.461. The minimum atomic E-state index is -0.324. The average Bonchev–Trinajstić information content (AvgIpc) is 3.22. The second kappa shape index (κ2) is 10.3. The van der Waals surface area contributed by atoms with Crippen LogP contribution in [0.25, 0.3) is 11.6 Å². The van der Waals surface area contributed by atoms with Crippen molar-refractivity contribution in [1.82, 2.24) is 4.90 Å². The van der Waals surface area contributed by atoms with Gasteiger partial charge < -0.3 is 4.74 Å². The molecular weight excluding hydrogens is 370 g/mol. The highest BCUT2D eigenvalue weighted by atomic mass is 35.5. The zero-order valence-corrected chi connectivity index (χ0v) is 17.0. The van der Waals surface area contributed by atoms with E-state index in [2.05, 4.69) is 35.2 Å². The maximum atomic E-state index is 11.6. The molecule has 1 heterocycles. The Kier molecular flexibility index (Phi) is 7.46. The molecule has 1 saturated heterocycles. The maximum absolute atomic E-state index is 11.6. The first kappa shape index (κ1) is 20.4. The Hall–Kier alpha value is -2.36. The van der Waals surface area contributed by atoms with Crippen molar-refractivity contribution in [3.8, 4) is 0 Å². The van der Waals surface area contributed by atoms with E-state index in [-0.39, 0.29) is 5.97 Å². The van der Waals surface area contributed by atoms with Crippen LogP contribution in [0, 0.1) is 0 Å². The zero-order chi connectivity index (χ0) is 19.8. The minimum absolute atomic E-state index is 0.324. The maximum Gasteiger partial charge on any atom is 0.330 e. The first-order valence-electron chi connectivity index (χ1n) is 9.79. The highest BCUT2D eigenvalue weighted by molar-refractivity contribution is 6.30. The van der Waals surface area contributed by atoms with E-state index in [1.807, 2.05) is 24.3 Å². The Morgan fingerprint density at radius 1 is 1.11 bits per heavy atom. The molecule has 3 nitrogen and oxygen atoms in total. The van der Waals surface area contributed by atoms with Gasteiger partial charge >= 0.3 is 5.97 Å². The molecular formula is C24H26ClNO2. The third-order valence-corrected chi connectivity index (χ3v) is 5.06. The molecule has 0 saturated carbocycles. The zero-order valence-electron chi connectivity index (χ0n) is 16.2. The van der Waals surface area contributed by atoms with Gasteiger partial charge in [-0.15, -0.1) is 0 Å². The van der Waals surface area contributed by atoms with Gasteiger partial charge in [-0.3, -0.25) is 4.90 Å². The molecule has 1 aliphatic heterocycles. The van der Waals surface area contributed by atoms with Crippen molar-refractivity contribution in [2.24, 2.45) is 0 Å². The van der Waals surface area contributed by atoms with E-state index in [0.717, 1.165) is 41.3 Å². The summed E-state index contributed by atoms with van der Waals surface area (Å²) in [4.78, 5) is 14.1. The molecule has 0 N–H and O–H groups in total. The normalized spacial score (nSPS) is 15.3. The van der Waals surface area contributed by atoms with Crippen LogP contribution in [-0.4, -0.2) is 37.1 Å². The molecule has 0 atom stereocenters. The van der Waals surface area contributed by atoms with Crippen molar-refractivity contribution in [3.05, 3.63) is 82.4 Å². The van der Waals surface area contributed by atoms with Gasteiger partial charge in [-0.05, 0) is 79.4 Å². The number of ether oxygens (including phenoxy) is 1. The number of rotatable bonds is 7. The number of hydrogen-bond acceptors (Lipinski definition) is 3. The van der Waals surface area contributed by atoms with E-state index in [9.17, 15) is 4.79 Å². The molecule has 0 aromatic heterocycles. The number of halogens is 1. The lowest BCUT2D eigenvalue weighted by Crippen LogP contribution is -2.19. The summed E-state index contributed by atoms with van der Waals surface area (Å²) in [6.45, 7) is 5.43. The number of likely N-dealkylation sites (tertiary alicyclic amines) is 1. The number of carbonyl (C=O) groups is 1. The van der Waals surface area contributed by atoms with Gasteiger partial charge in [-0.25, -0.2) is 4.79 Å². The number of hydrogen-bond donors (Lipinski definition) is 0. The van der Waals surface area contributed by atoms with Crippen LogP contribution in [0.2, 0.25) is 5.02 Å². The summed E-state index contributed by atoms with van der Waals surface area (Å²) in [5.41, 5.74) is 4.39. The number of esters is 1. The molecule has 28 heavy (non-hydrogen) atoms. The van der Waals surface area contributed by atoms with E-state index in [4.69, 9.17) is 16.3 Å². The molecule has 3 rings (SSSR count). The fourth-order valence-electron chi connectivity index (χ4n) is 3.38. The van der Waals surface area contributed by atoms with E-state index < -0.39 is 0 Å². The number of nitrogens with zero attached hydrogens (tertiary/aromatic N) is 1. The topological polar surface area (TPSA) is 29.5 Å². The van der Waals surface area contributed by atoms with Crippen LogP contribution in [0.4, 0.5) is 0 Å². The molecule has 0 unspecified atom stereocenters. The van der Waals surface area contributed by atoms with Crippen molar-refractivity contribution in [2.45, 2.75) is 19.8 Å². The summed E-state index contributed by atoms with van der Waals surface area (Å²) in [6.07, 6.45) is 8.11. The van der Waals surface area contributed by atoms with Gasteiger partial charge in [0.15, 0.2) is 0 Å². The third-order valence-electron chi connectivity index (χ3n) is 4.80. The second-order valence-electron chi connectivity index (χ2n) is 6.84. The van der Waals surface area contributed by atoms with Gasteiger partial charge in [0, 0.05) is 17.6 Å². The smallest absolute Gasteiger partial charge is 0.330 e. The summed E-state index contributed by atoms with van der Waals surface area (Å²) in [7, 11) is 0. The molecule has 0 spiro atoms. The van der Waals surface area contributed by atoms with Crippen LogP contribution in [0.5, 0.6) is 0 Å². The van der Waals surface area contributed by atoms with Crippen molar-refractivity contribution < 1.29 is 9.53 Å².